The number of benzene rings is 1. The zero-order valence-corrected chi connectivity index (χ0v) is 11.4. The highest BCUT2D eigenvalue weighted by molar-refractivity contribution is 9.10. The molecule has 2 rings (SSSR count). The highest BCUT2D eigenvalue weighted by Gasteiger charge is 2.01. The van der Waals surface area contributed by atoms with Crippen molar-refractivity contribution < 1.29 is 9.47 Å². The molecule has 0 radical (unpaired) electrons. The summed E-state index contributed by atoms with van der Waals surface area (Å²) in [4.78, 5) is 0. The van der Waals surface area contributed by atoms with E-state index >= 15 is 0 Å². The van der Waals surface area contributed by atoms with Crippen molar-refractivity contribution in [3.8, 4) is 0 Å². The molecule has 1 aromatic heterocycles. The molecule has 1 aromatic carbocycles. The molecule has 17 heavy (non-hydrogen) atoms. The summed E-state index contributed by atoms with van der Waals surface area (Å²) in [7, 11) is 1.68. The molecule has 0 aliphatic heterocycles. The SMILES string of the molecule is COCCOCCn1ccc2cc(Br)ccc21. The normalized spacial score (nSPS) is 11.2. The van der Waals surface area contributed by atoms with E-state index in [1.165, 1.54) is 10.9 Å². The van der Waals surface area contributed by atoms with Crippen molar-refractivity contribution in [2.75, 3.05) is 26.9 Å². The third-order valence-electron chi connectivity index (χ3n) is 2.64. The Morgan fingerprint density at radius 3 is 2.88 bits per heavy atom. The Morgan fingerprint density at radius 1 is 1.18 bits per heavy atom. The minimum absolute atomic E-state index is 0.652. The minimum atomic E-state index is 0.652. The molecule has 2 aromatic rings. The van der Waals surface area contributed by atoms with Crippen LogP contribution in [0.5, 0.6) is 0 Å². The number of hydrogen-bond donors (Lipinski definition) is 0. The Bertz CT molecular complexity index is 481. The molecule has 0 saturated heterocycles. The van der Waals surface area contributed by atoms with Crippen molar-refractivity contribution in [2.24, 2.45) is 0 Å². The topological polar surface area (TPSA) is 23.4 Å². The smallest absolute Gasteiger partial charge is 0.0701 e. The Labute approximate surface area is 109 Å². The largest absolute Gasteiger partial charge is 0.382 e. The number of fused-ring (bicyclic) bond motifs is 1. The maximum absolute atomic E-state index is 5.46. The number of nitrogens with zero attached hydrogens (tertiary/aromatic N) is 1. The molecule has 0 unspecified atom stereocenters. The first-order valence-corrected chi connectivity index (χ1v) is 6.41. The summed E-state index contributed by atoms with van der Waals surface area (Å²) in [5.74, 6) is 0. The van der Waals surface area contributed by atoms with Gasteiger partial charge in [-0.1, -0.05) is 15.9 Å². The first kappa shape index (κ1) is 12.6. The van der Waals surface area contributed by atoms with E-state index in [0.29, 0.717) is 19.8 Å². The first-order valence-electron chi connectivity index (χ1n) is 5.62. The Morgan fingerprint density at radius 2 is 2.06 bits per heavy atom. The van der Waals surface area contributed by atoms with Gasteiger partial charge in [0.05, 0.1) is 19.8 Å². The summed E-state index contributed by atoms with van der Waals surface area (Å²) in [6.07, 6.45) is 2.09. The van der Waals surface area contributed by atoms with Crippen LogP contribution in [0.4, 0.5) is 0 Å². The highest BCUT2D eigenvalue weighted by Crippen LogP contribution is 2.20. The van der Waals surface area contributed by atoms with Gasteiger partial charge in [0.25, 0.3) is 0 Å². The Balaban J connectivity index is 1.95. The molecular weight excluding hydrogens is 282 g/mol. The van der Waals surface area contributed by atoms with Crippen LogP contribution in [0.3, 0.4) is 0 Å². The predicted molar refractivity (Wildman–Crippen MR) is 72.3 cm³/mol. The van der Waals surface area contributed by atoms with Crippen LogP contribution in [0, 0.1) is 0 Å². The Kier molecular flexibility index (Phi) is 4.59. The third kappa shape index (κ3) is 3.31. The van der Waals surface area contributed by atoms with Crippen molar-refractivity contribution in [1.82, 2.24) is 4.57 Å². The molecule has 0 amide bonds. The van der Waals surface area contributed by atoms with E-state index in [4.69, 9.17) is 9.47 Å². The monoisotopic (exact) mass is 297 g/mol. The third-order valence-corrected chi connectivity index (χ3v) is 3.13. The molecule has 0 atom stereocenters. The number of hydrogen-bond acceptors (Lipinski definition) is 2. The van der Waals surface area contributed by atoms with Crippen molar-refractivity contribution in [2.45, 2.75) is 6.54 Å². The fraction of sp³-hybridized carbons (Fsp3) is 0.385. The van der Waals surface area contributed by atoms with Crippen LogP contribution in [0.25, 0.3) is 10.9 Å². The average Bonchev–Trinajstić information content (AvgIpc) is 2.71. The average molecular weight is 298 g/mol. The van der Waals surface area contributed by atoms with Gasteiger partial charge in [0, 0.05) is 35.2 Å². The second kappa shape index (κ2) is 6.19. The summed E-state index contributed by atoms with van der Waals surface area (Å²) in [5.41, 5.74) is 1.24. The molecule has 0 aliphatic carbocycles. The van der Waals surface area contributed by atoms with Crippen molar-refractivity contribution >= 4 is 26.8 Å². The van der Waals surface area contributed by atoms with E-state index in [1.54, 1.807) is 7.11 Å². The summed E-state index contributed by atoms with van der Waals surface area (Å²) in [6.45, 7) is 2.89. The van der Waals surface area contributed by atoms with Gasteiger partial charge in [-0.15, -0.1) is 0 Å². The molecule has 0 spiro atoms. The van der Waals surface area contributed by atoms with Gasteiger partial charge in [0.15, 0.2) is 0 Å². The zero-order chi connectivity index (χ0) is 12.1. The van der Waals surface area contributed by atoms with Crippen LogP contribution < -0.4 is 0 Å². The van der Waals surface area contributed by atoms with Crippen LogP contribution in [-0.2, 0) is 16.0 Å². The van der Waals surface area contributed by atoms with Gasteiger partial charge in [0.1, 0.15) is 0 Å². The van der Waals surface area contributed by atoms with E-state index in [9.17, 15) is 0 Å². The van der Waals surface area contributed by atoms with E-state index in [1.807, 2.05) is 0 Å². The molecule has 0 N–H and O–H groups in total. The molecular formula is C13H16BrNO2. The fourth-order valence-corrected chi connectivity index (χ4v) is 2.15. The van der Waals surface area contributed by atoms with Gasteiger partial charge < -0.3 is 14.0 Å². The summed E-state index contributed by atoms with van der Waals surface area (Å²) in [5, 5.41) is 1.25. The lowest BCUT2D eigenvalue weighted by Crippen LogP contribution is -2.08. The quantitative estimate of drug-likeness (QED) is 0.765. The fourth-order valence-electron chi connectivity index (χ4n) is 1.77. The van der Waals surface area contributed by atoms with Crippen LogP contribution in [0.15, 0.2) is 34.9 Å². The van der Waals surface area contributed by atoms with Crippen LogP contribution in [0.2, 0.25) is 0 Å². The zero-order valence-electron chi connectivity index (χ0n) is 9.86. The summed E-state index contributed by atoms with van der Waals surface area (Å²) in [6, 6.07) is 8.42. The molecule has 0 saturated carbocycles. The lowest BCUT2D eigenvalue weighted by Gasteiger charge is -2.06. The lowest BCUT2D eigenvalue weighted by atomic mass is 10.2. The highest BCUT2D eigenvalue weighted by atomic mass is 79.9. The minimum Gasteiger partial charge on any atom is -0.382 e. The van der Waals surface area contributed by atoms with Gasteiger partial charge in [-0.2, -0.15) is 0 Å². The molecule has 0 bridgehead atoms. The van der Waals surface area contributed by atoms with Crippen LogP contribution in [0.1, 0.15) is 0 Å². The van der Waals surface area contributed by atoms with Crippen LogP contribution >= 0.6 is 15.9 Å². The molecule has 1 heterocycles. The molecule has 92 valence electrons. The molecule has 4 heteroatoms. The maximum atomic E-state index is 5.46. The predicted octanol–water partition coefficient (Wildman–Crippen LogP) is 3.07. The van der Waals surface area contributed by atoms with Crippen molar-refractivity contribution in [1.29, 1.82) is 0 Å². The number of halogens is 1. The van der Waals surface area contributed by atoms with Gasteiger partial charge in [-0.05, 0) is 24.3 Å². The first-order chi connectivity index (χ1) is 8.31. The number of ether oxygens (including phenoxy) is 2. The summed E-state index contributed by atoms with van der Waals surface area (Å²) < 4.78 is 13.7. The number of rotatable bonds is 6. The number of methoxy groups -OCH3 is 1. The van der Waals surface area contributed by atoms with Crippen molar-refractivity contribution in [3.63, 3.8) is 0 Å². The molecule has 3 nitrogen and oxygen atoms in total. The second-order valence-electron chi connectivity index (χ2n) is 3.82. The van der Waals surface area contributed by atoms with Crippen LogP contribution in [-0.4, -0.2) is 31.5 Å². The molecule has 0 fully saturated rings. The molecule has 0 aliphatic rings. The van der Waals surface area contributed by atoms with Gasteiger partial charge >= 0.3 is 0 Å². The summed E-state index contributed by atoms with van der Waals surface area (Å²) >= 11 is 3.47. The van der Waals surface area contributed by atoms with E-state index < -0.39 is 0 Å². The van der Waals surface area contributed by atoms with E-state index in [0.717, 1.165) is 11.0 Å². The van der Waals surface area contributed by atoms with Crippen molar-refractivity contribution in [3.05, 3.63) is 34.9 Å². The Hall–Kier alpha value is -0.840. The van der Waals surface area contributed by atoms with E-state index in [2.05, 4.69) is 51.0 Å². The standard InChI is InChI=1S/C13H16BrNO2/c1-16-8-9-17-7-6-15-5-4-11-10-12(14)2-3-13(11)15/h2-5,10H,6-9H2,1H3. The van der Waals surface area contributed by atoms with Gasteiger partial charge in [0.2, 0.25) is 0 Å². The number of aromatic nitrogens is 1. The lowest BCUT2D eigenvalue weighted by molar-refractivity contribution is 0.0670. The van der Waals surface area contributed by atoms with Gasteiger partial charge in [-0.25, -0.2) is 0 Å². The van der Waals surface area contributed by atoms with E-state index in [-0.39, 0.29) is 0 Å². The maximum Gasteiger partial charge on any atom is 0.0701 e. The second-order valence-corrected chi connectivity index (χ2v) is 4.73. The van der Waals surface area contributed by atoms with Gasteiger partial charge in [-0.3, -0.25) is 0 Å².